The first-order chi connectivity index (χ1) is 6.20. The van der Waals surface area contributed by atoms with Crippen molar-refractivity contribution in [1.82, 2.24) is 0 Å². The number of carbonyl (C=O) groups excluding carboxylic acids is 1. The first kappa shape index (κ1) is 12.4. The van der Waals surface area contributed by atoms with Crippen molar-refractivity contribution in [2.45, 2.75) is 52.7 Å². The van der Waals surface area contributed by atoms with E-state index < -0.39 is 6.29 Å². The summed E-state index contributed by atoms with van der Waals surface area (Å²) in [7, 11) is 0. The molecule has 1 atom stereocenters. The number of rotatable bonds is 7. The first-order valence-corrected chi connectivity index (χ1v) is 5.01. The molecule has 0 rings (SSSR count). The van der Waals surface area contributed by atoms with Crippen molar-refractivity contribution in [2.75, 3.05) is 6.61 Å². The molecule has 78 valence electrons. The van der Waals surface area contributed by atoms with E-state index in [4.69, 9.17) is 9.47 Å². The Hall–Kier alpha value is -0.570. The minimum absolute atomic E-state index is 0.158. The summed E-state index contributed by atoms with van der Waals surface area (Å²) < 4.78 is 10.1. The largest absolute Gasteiger partial charge is 0.436 e. The molecule has 0 aliphatic heterocycles. The Morgan fingerprint density at radius 2 is 2.00 bits per heavy atom. The Bertz CT molecular complexity index is 134. The van der Waals surface area contributed by atoms with Crippen LogP contribution in [0.3, 0.4) is 0 Å². The normalized spacial score (nSPS) is 12.5. The molecule has 0 aliphatic rings. The second-order valence-corrected chi connectivity index (χ2v) is 2.97. The Labute approximate surface area is 80.4 Å². The fourth-order valence-electron chi connectivity index (χ4n) is 1.03. The van der Waals surface area contributed by atoms with Gasteiger partial charge in [0.25, 0.3) is 0 Å². The Morgan fingerprint density at radius 3 is 2.54 bits per heavy atom. The maximum Gasteiger partial charge on any atom is 0.308 e. The van der Waals surface area contributed by atoms with Crippen LogP contribution < -0.4 is 0 Å². The van der Waals surface area contributed by atoms with Gasteiger partial charge in [0.2, 0.25) is 0 Å². The number of unbranched alkanes of at least 4 members (excludes halogenated alkanes) is 2. The van der Waals surface area contributed by atoms with Gasteiger partial charge in [0.15, 0.2) is 6.29 Å². The summed E-state index contributed by atoms with van der Waals surface area (Å²) in [6.07, 6.45) is 3.21. The Balaban J connectivity index is 3.38. The van der Waals surface area contributed by atoms with Crippen molar-refractivity contribution in [3.05, 3.63) is 0 Å². The highest BCUT2D eigenvalue weighted by molar-refractivity contribution is 5.69. The van der Waals surface area contributed by atoms with Crippen molar-refractivity contribution in [3.8, 4) is 0 Å². The fraction of sp³-hybridized carbons (Fsp3) is 0.900. The molecule has 0 N–H and O–H groups in total. The molecule has 0 amide bonds. The zero-order valence-corrected chi connectivity index (χ0v) is 8.84. The minimum Gasteiger partial charge on any atom is -0.436 e. The van der Waals surface area contributed by atoms with Gasteiger partial charge < -0.3 is 9.47 Å². The molecule has 0 saturated carbocycles. The molecular weight excluding hydrogens is 168 g/mol. The summed E-state index contributed by atoms with van der Waals surface area (Å²) in [5.41, 5.74) is 0. The van der Waals surface area contributed by atoms with Crippen LogP contribution in [0, 0.1) is 0 Å². The average molecular weight is 188 g/mol. The maximum absolute atomic E-state index is 11.1. The van der Waals surface area contributed by atoms with Crippen molar-refractivity contribution in [2.24, 2.45) is 0 Å². The molecule has 3 nitrogen and oxygen atoms in total. The zero-order valence-electron chi connectivity index (χ0n) is 8.84. The van der Waals surface area contributed by atoms with Crippen LogP contribution >= 0.6 is 0 Å². The topological polar surface area (TPSA) is 35.5 Å². The molecule has 13 heavy (non-hydrogen) atoms. The third kappa shape index (κ3) is 7.78. The number of hydrogen-bond acceptors (Lipinski definition) is 3. The van der Waals surface area contributed by atoms with Crippen molar-refractivity contribution in [1.29, 1.82) is 0 Å². The lowest BCUT2D eigenvalue weighted by atomic mass is 10.2. The summed E-state index contributed by atoms with van der Waals surface area (Å²) in [5.74, 6) is -0.158. The van der Waals surface area contributed by atoms with Crippen molar-refractivity contribution >= 4 is 5.97 Å². The van der Waals surface area contributed by atoms with Crippen LogP contribution in [0.2, 0.25) is 0 Å². The number of esters is 1. The lowest BCUT2D eigenvalue weighted by molar-refractivity contribution is -0.173. The van der Waals surface area contributed by atoms with Crippen molar-refractivity contribution in [3.63, 3.8) is 0 Å². The standard InChI is InChI=1S/C10H20O3/c1-4-6-7-8-10(11)13-9(3)12-5-2/h9H,4-8H2,1-3H3. The summed E-state index contributed by atoms with van der Waals surface area (Å²) in [5, 5.41) is 0. The van der Waals surface area contributed by atoms with Crippen LogP contribution in [-0.4, -0.2) is 18.9 Å². The zero-order chi connectivity index (χ0) is 10.1. The van der Waals surface area contributed by atoms with Crippen LogP contribution in [0.5, 0.6) is 0 Å². The van der Waals surface area contributed by atoms with Crippen LogP contribution in [0.25, 0.3) is 0 Å². The summed E-state index contributed by atoms with van der Waals surface area (Å²) in [4.78, 5) is 11.1. The highest BCUT2D eigenvalue weighted by atomic mass is 16.7. The van der Waals surface area contributed by atoms with E-state index in [0.717, 1.165) is 19.3 Å². The third-order valence-corrected chi connectivity index (χ3v) is 1.68. The molecule has 0 radical (unpaired) electrons. The molecule has 0 aliphatic carbocycles. The number of hydrogen-bond donors (Lipinski definition) is 0. The Kier molecular flexibility index (Phi) is 7.69. The summed E-state index contributed by atoms with van der Waals surface area (Å²) in [6, 6.07) is 0. The second-order valence-electron chi connectivity index (χ2n) is 2.97. The van der Waals surface area contributed by atoms with Gasteiger partial charge in [-0.25, -0.2) is 0 Å². The van der Waals surface area contributed by atoms with Gasteiger partial charge in [0.05, 0.1) is 0 Å². The third-order valence-electron chi connectivity index (χ3n) is 1.68. The van der Waals surface area contributed by atoms with Gasteiger partial charge in [-0.2, -0.15) is 0 Å². The maximum atomic E-state index is 11.1. The molecule has 0 heterocycles. The average Bonchev–Trinajstić information content (AvgIpc) is 2.05. The summed E-state index contributed by atoms with van der Waals surface area (Å²) in [6.45, 7) is 6.29. The van der Waals surface area contributed by atoms with Gasteiger partial charge in [-0.1, -0.05) is 19.8 Å². The Morgan fingerprint density at radius 1 is 1.31 bits per heavy atom. The van der Waals surface area contributed by atoms with Crippen LogP contribution in [0.4, 0.5) is 0 Å². The molecule has 0 aromatic rings. The van der Waals surface area contributed by atoms with Crippen LogP contribution in [-0.2, 0) is 14.3 Å². The van der Waals surface area contributed by atoms with Gasteiger partial charge in [-0.15, -0.1) is 0 Å². The molecule has 0 bridgehead atoms. The highest BCUT2D eigenvalue weighted by Crippen LogP contribution is 2.03. The summed E-state index contributed by atoms with van der Waals surface area (Å²) >= 11 is 0. The lowest BCUT2D eigenvalue weighted by Gasteiger charge is -2.12. The van der Waals surface area contributed by atoms with E-state index in [-0.39, 0.29) is 5.97 Å². The van der Waals surface area contributed by atoms with E-state index in [0.29, 0.717) is 13.0 Å². The van der Waals surface area contributed by atoms with E-state index in [2.05, 4.69) is 6.92 Å². The van der Waals surface area contributed by atoms with E-state index in [1.54, 1.807) is 6.92 Å². The molecule has 0 aromatic carbocycles. The molecule has 0 aromatic heterocycles. The monoisotopic (exact) mass is 188 g/mol. The number of carbonyl (C=O) groups is 1. The SMILES string of the molecule is CCCCCC(=O)OC(C)OCC. The molecule has 0 fully saturated rings. The molecule has 0 spiro atoms. The smallest absolute Gasteiger partial charge is 0.308 e. The lowest BCUT2D eigenvalue weighted by Crippen LogP contribution is -2.17. The second kappa shape index (κ2) is 8.05. The van der Waals surface area contributed by atoms with Crippen LogP contribution in [0.15, 0.2) is 0 Å². The molecule has 3 heteroatoms. The predicted molar refractivity (Wildman–Crippen MR) is 51.3 cm³/mol. The van der Waals surface area contributed by atoms with Crippen molar-refractivity contribution < 1.29 is 14.3 Å². The highest BCUT2D eigenvalue weighted by Gasteiger charge is 2.07. The van der Waals surface area contributed by atoms with Gasteiger partial charge in [-0.05, 0) is 20.3 Å². The van der Waals surface area contributed by atoms with Gasteiger partial charge in [0.1, 0.15) is 0 Å². The molecule has 1 unspecified atom stereocenters. The van der Waals surface area contributed by atoms with Gasteiger partial charge >= 0.3 is 5.97 Å². The van der Waals surface area contributed by atoms with E-state index >= 15 is 0 Å². The van der Waals surface area contributed by atoms with E-state index in [1.807, 2.05) is 6.92 Å². The molecular formula is C10H20O3. The minimum atomic E-state index is -0.404. The quantitative estimate of drug-likeness (QED) is 0.350. The fourth-order valence-corrected chi connectivity index (χ4v) is 1.03. The number of ether oxygens (including phenoxy) is 2. The molecule has 0 saturated heterocycles. The van der Waals surface area contributed by atoms with E-state index in [9.17, 15) is 4.79 Å². The van der Waals surface area contributed by atoms with Gasteiger partial charge in [0, 0.05) is 13.0 Å². The first-order valence-electron chi connectivity index (χ1n) is 5.01. The van der Waals surface area contributed by atoms with Crippen LogP contribution in [0.1, 0.15) is 46.5 Å². The predicted octanol–water partition coefficient (Wildman–Crippen LogP) is 2.49. The van der Waals surface area contributed by atoms with Gasteiger partial charge in [-0.3, -0.25) is 4.79 Å². The van der Waals surface area contributed by atoms with E-state index in [1.165, 1.54) is 0 Å².